The van der Waals surface area contributed by atoms with Gasteiger partial charge in [-0.1, -0.05) is 82.3 Å². The molecule has 0 saturated carbocycles. The number of para-hydroxylation sites is 1. The van der Waals surface area contributed by atoms with Crippen molar-refractivity contribution < 1.29 is 0 Å². The van der Waals surface area contributed by atoms with Gasteiger partial charge in [-0.15, -0.1) is 5.10 Å². The fraction of sp³-hybridized carbons (Fsp3) is 0.364. The summed E-state index contributed by atoms with van der Waals surface area (Å²) in [5.74, 6) is 0.510. The van der Waals surface area contributed by atoms with Crippen molar-refractivity contribution >= 4 is 20.5 Å². The largest absolute Gasteiger partial charge is 0.413 e. The summed E-state index contributed by atoms with van der Waals surface area (Å²) in [6.07, 6.45) is 0. The second-order valence-electron chi connectivity index (χ2n) is 9.45. The highest BCUT2D eigenvalue weighted by atomic mass is 15.4. The quantitative estimate of drug-likeness (QED) is 0.636. The van der Waals surface area contributed by atoms with Gasteiger partial charge < -0.3 is 4.81 Å². The molecule has 6 heteroatoms. The van der Waals surface area contributed by atoms with Gasteiger partial charge in [0.1, 0.15) is 5.69 Å². The number of hydrogen-bond acceptors (Lipinski definition) is 3. The number of benzene rings is 2. The van der Waals surface area contributed by atoms with Crippen molar-refractivity contribution in [2.24, 2.45) is 0 Å². The molecule has 0 saturated heterocycles. The molecule has 4 rings (SSSR count). The van der Waals surface area contributed by atoms with E-state index in [0.29, 0.717) is 5.82 Å². The van der Waals surface area contributed by atoms with Gasteiger partial charge in [0.15, 0.2) is 0 Å². The second-order valence-corrected chi connectivity index (χ2v) is 9.45. The summed E-state index contributed by atoms with van der Waals surface area (Å²) in [5, 5.41) is 9.43. The molecule has 0 N–H and O–H groups in total. The molecule has 0 aliphatic carbocycles. The molecule has 0 atom stereocenters. The third kappa shape index (κ3) is 3.60. The lowest BCUT2D eigenvalue weighted by atomic mass is 9.62. The summed E-state index contributed by atoms with van der Waals surface area (Å²) < 4.78 is 2.09. The topological polar surface area (TPSA) is 34.0 Å². The van der Waals surface area contributed by atoms with Crippen LogP contribution < -0.4 is 4.81 Å². The zero-order valence-corrected chi connectivity index (χ0v) is 17.6. The van der Waals surface area contributed by atoms with Gasteiger partial charge in [-0.3, -0.25) is 4.59 Å². The van der Waals surface area contributed by atoms with Crippen molar-refractivity contribution in [2.45, 2.75) is 52.3 Å². The Hall–Kier alpha value is -2.49. The Labute approximate surface area is 169 Å². The fourth-order valence-electron chi connectivity index (χ4n) is 4.08. The SMILES string of the molecule is CC(C)Bn1nnc2c1-c1ccccc1CN(BC(C)(C)C)c1ccccc1-2. The van der Waals surface area contributed by atoms with E-state index in [0.717, 1.165) is 32.8 Å². The van der Waals surface area contributed by atoms with E-state index in [-0.39, 0.29) is 5.31 Å². The third-order valence-electron chi connectivity index (χ3n) is 5.07. The van der Waals surface area contributed by atoms with E-state index in [4.69, 9.17) is 0 Å². The predicted octanol–water partition coefficient (Wildman–Crippen LogP) is 4.53. The lowest BCUT2D eigenvalue weighted by Crippen LogP contribution is -2.34. The highest BCUT2D eigenvalue weighted by Crippen LogP contribution is 2.41. The molecule has 0 radical (unpaired) electrons. The standard InChI is InChI=1S/C22H28B2N4/c1-15(2)23-28-21-17-11-7-6-10-16(17)14-27(24-22(3,4)5)19-13-9-8-12-18(19)20(21)25-26-28/h6-13,15,23-24H,14H2,1-5H3. The molecule has 1 aliphatic heterocycles. The van der Waals surface area contributed by atoms with Crippen LogP contribution in [0.1, 0.15) is 40.2 Å². The summed E-state index contributed by atoms with van der Waals surface area (Å²) in [6.45, 7) is 12.2. The second kappa shape index (κ2) is 7.16. The van der Waals surface area contributed by atoms with Crippen LogP contribution in [0.5, 0.6) is 0 Å². The minimum Gasteiger partial charge on any atom is -0.413 e. The first-order chi connectivity index (χ1) is 13.3. The number of aromatic nitrogens is 3. The van der Waals surface area contributed by atoms with Crippen LogP contribution in [-0.4, -0.2) is 29.7 Å². The van der Waals surface area contributed by atoms with E-state index in [1.807, 2.05) is 0 Å². The molecule has 4 nitrogen and oxygen atoms in total. The maximum absolute atomic E-state index is 4.67. The summed E-state index contributed by atoms with van der Waals surface area (Å²) >= 11 is 0. The van der Waals surface area contributed by atoms with Crippen LogP contribution in [-0.2, 0) is 6.54 Å². The van der Waals surface area contributed by atoms with Crippen LogP contribution in [0.3, 0.4) is 0 Å². The molecule has 1 aliphatic rings. The molecular formula is C22H28B2N4. The Kier molecular flexibility index (Phi) is 4.82. The minimum absolute atomic E-state index is 0.194. The minimum atomic E-state index is 0.194. The van der Waals surface area contributed by atoms with Crippen LogP contribution in [0.2, 0.25) is 11.1 Å². The number of fused-ring (bicyclic) bond motifs is 5. The molecule has 1 aromatic heterocycles. The third-order valence-corrected chi connectivity index (χ3v) is 5.07. The molecule has 0 spiro atoms. The molecule has 3 aromatic rings. The molecule has 0 fully saturated rings. The van der Waals surface area contributed by atoms with Crippen molar-refractivity contribution in [3.8, 4) is 22.5 Å². The summed E-state index contributed by atoms with van der Waals surface area (Å²) in [7, 11) is 1.85. The average molecular weight is 370 g/mol. The predicted molar refractivity (Wildman–Crippen MR) is 122 cm³/mol. The fourth-order valence-corrected chi connectivity index (χ4v) is 4.08. The Balaban J connectivity index is 1.97. The molecule has 28 heavy (non-hydrogen) atoms. The van der Waals surface area contributed by atoms with Crippen LogP contribution in [0.4, 0.5) is 5.69 Å². The van der Waals surface area contributed by atoms with Gasteiger partial charge in [-0.05, 0) is 22.8 Å². The maximum Gasteiger partial charge on any atom is 0.272 e. The van der Waals surface area contributed by atoms with Gasteiger partial charge >= 0.3 is 0 Å². The first-order valence-electron chi connectivity index (χ1n) is 10.2. The van der Waals surface area contributed by atoms with E-state index < -0.39 is 0 Å². The van der Waals surface area contributed by atoms with Crippen molar-refractivity contribution in [2.75, 3.05) is 4.81 Å². The van der Waals surface area contributed by atoms with E-state index in [9.17, 15) is 0 Å². The van der Waals surface area contributed by atoms with Crippen LogP contribution in [0.15, 0.2) is 48.5 Å². The van der Waals surface area contributed by atoms with E-state index in [1.54, 1.807) is 0 Å². The lowest BCUT2D eigenvalue weighted by molar-refractivity contribution is 0.741. The number of hydrogen-bond donors (Lipinski definition) is 0. The highest BCUT2D eigenvalue weighted by molar-refractivity contribution is 6.45. The van der Waals surface area contributed by atoms with Crippen molar-refractivity contribution in [1.82, 2.24) is 14.9 Å². The Morgan fingerprint density at radius 2 is 1.64 bits per heavy atom. The monoisotopic (exact) mass is 370 g/mol. The first-order valence-corrected chi connectivity index (χ1v) is 10.2. The molecule has 2 aromatic carbocycles. The van der Waals surface area contributed by atoms with Crippen LogP contribution in [0, 0.1) is 0 Å². The molecule has 0 bridgehead atoms. The molecule has 0 amide bonds. The van der Waals surface area contributed by atoms with Crippen molar-refractivity contribution in [1.29, 1.82) is 0 Å². The number of anilines is 1. The van der Waals surface area contributed by atoms with Gasteiger partial charge in [-0.2, -0.15) is 0 Å². The van der Waals surface area contributed by atoms with Gasteiger partial charge in [0.05, 0.1) is 5.69 Å². The van der Waals surface area contributed by atoms with Crippen LogP contribution in [0.25, 0.3) is 22.5 Å². The zero-order valence-electron chi connectivity index (χ0n) is 17.6. The van der Waals surface area contributed by atoms with E-state index in [2.05, 4.69) is 103 Å². The van der Waals surface area contributed by atoms with E-state index in [1.165, 1.54) is 22.4 Å². The molecule has 142 valence electrons. The summed E-state index contributed by atoms with van der Waals surface area (Å²) in [6, 6.07) is 17.4. The van der Waals surface area contributed by atoms with Gasteiger partial charge in [0.2, 0.25) is 7.41 Å². The summed E-state index contributed by atoms with van der Waals surface area (Å²) in [4.78, 5) is 2.50. The lowest BCUT2D eigenvalue weighted by Gasteiger charge is -2.34. The summed E-state index contributed by atoms with van der Waals surface area (Å²) in [5.41, 5.74) is 7.12. The smallest absolute Gasteiger partial charge is 0.272 e. The Bertz CT molecular complexity index is 988. The highest BCUT2D eigenvalue weighted by Gasteiger charge is 2.29. The van der Waals surface area contributed by atoms with Crippen molar-refractivity contribution in [3.05, 3.63) is 54.1 Å². The Morgan fingerprint density at radius 3 is 2.36 bits per heavy atom. The van der Waals surface area contributed by atoms with Crippen molar-refractivity contribution in [3.63, 3.8) is 0 Å². The number of nitrogens with zero attached hydrogens (tertiary/aromatic N) is 4. The number of rotatable bonds is 3. The Morgan fingerprint density at radius 1 is 0.964 bits per heavy atom. The normalized spacial score (nSPS) is 13.3. The zero-order chi connectivity index (χ0) is 19.9. The van der Waals surface area contributed by atoms with Gasteiger partial charge in [0, 0.05) is 23.4 Å². The molecule has 2 heterocycles. The van der Waals surface area contributed by atoms with Gasteiger partial charge in [-0.25, -0.2) is 0 Å². The molecule has 0 unspecified atom stereocenters. The van der Waals surface area contributed by atoms with E-state index >= 15 is 0 Å². The van der Waals surface area contributed by atoms with Gasteiger partial charge in [0.25, 0.3) is 7.41 Å². The average Bonchev–Trinajstić information content (AvgIpc) is 3.01. The molecular weight excluding hydrogens is 342 g/mol. The van der Waals surface area contributed by atoms with Crippen LogP contribution >= 0.6 is 0 Å². The maximum atomic E-state index is 4.67. The first kappa shape index (κ1) is 18.9.